The Morgan fingerprint density at radius 3 is 3.03 bits per heavy atom. The number of rotatable bonds is 6. The fourth-order valence-corrected chi connectivity index (χ4v) is 3.84. The van der Waals surface area contributed by atoms with E-state index in [0.29, 0.717) is 18.3 Å². The van der Waals surface area contributed by atoms with Crippen LogP contribution in [0.1, 0.15) is 30.5 Å². The smallest absolute Gasteiger partial charge is 0.252 e. The molecule has 1 aliphatic rings. The normalized spacial score (nSPS) is 16.6. The molecule has 1 fully saturated rings. The maximum Gasteiger partial charge on any atom is 0.252 e. The number of nitrogens with one attached hydrogen (secondary N) is 1. The number of H-pyrrole nitrogens is 1. The second-order valence-corrected chi connectivity index (χ2v) is 7.56. The van der Waals surface area contributed by atoms with E-state index in [-0.39, 0.29) is 25.0 Å². The Kier molecular flexibility index (Phi) is 5.40. The van der Waals surface area contributed by atoms with Gasteiger partial charge in [-0.3, -0.25) is 9.78 Å². The first-order valence-corrected chi connectivity index (χ1v) is 10.3. The lowest BCUT2D eigenvalue weighted by Crippen LogP contribution is -2.41. The average molecular weight is 418 g/mol. The number of para-hydroxylation sites is 2. The van der Waals surface area contributed by atoms with Crippen molar-refractivity contribution in [3.63, 3.8) is 0 Å². The van der Waals surface area contributed by atoms with Crippen molar-refractivity contribution < 1.29 is 14.1 Å². The number of likely N-dealkylation sites (tertiary alicyclic amines) is 1. The molecule has 1 N–H and O–H groups in total. The molecule has 9 nitrogen and oxygen atoms in total. The largest absolute Gasteiger partial charge is 0.362 e. The Morgan fingerprint density at radius 2 is 2.16 bits per heavy atom. The number of aromatic nitrogens is 5. The molecule has 9 heteroatoms. The highest BCUT2D eigenvalue weighted by atomic mass is 16.5. The van der Waals surface area contributed by atoms with E-state index in [1.165, 1.54) is 0 Å². The van der Waals surface area contributed by atoms with Gasteiger partial charge in [0.2, 0.25) is 11.7 Å². The molecular weight excluding hydrogens is 396 g/mol. The number of ether oxygens (including phenoxy) is 1. The van der Waals surface area contributed by atoms with Crippen LogP contribution in [-0.4, -0.2) is 55.6 Å². The van der Waals surface area contributed by atoms with Gasteiger partial charge in [-0.15, -0.1) is 0 Å². The summed E-state index contributed by atoms with van der Waals surface area (Å²) < 4.78 is 10.7. The number of piperidine rings is 1. The van der Waals surface area contributed by atoms with Crippen LogP contribution in [0.5, 0.6) is 0 Å². The maximum atomic E-state index is 12.7. The SMILES string of the molecule is O=C(COCc1nc(-c2cccnc2)no1)N1CCCC(c2nc3ccccc3[nH]2)C1. The number of carbonyl (C=O) groups is 1. The van der Waals surface area contributed by atoms with Gasteiger partial charge in [0.15, 0.2) is 0 Å². The van der Waals surface area contributed by atoms with Gasteiger partial charge in [-0.2, -0.15) is 4.98 Å². The minimum Gasteiger partial charge on any atom is -0.362 e. The third kappa shape index (κ3) is 4.31. The van der Waals surface area contributed by atoms with E-state index in [0.717, 1.165) is 41.8 Å². The zero-order valence-corrected chi connectivity index (χ0v) is 16.9. The highest BCUT2D eigenvalue weighted by Gasteiger charge is 2.27. The van der Waals surface area contributed by atoms with Gasteiger partial charge in [0.25, 0.3) is 5.89 Å². The van der Waals surface area contributed by atoms with Crippen LogP contribution in [-0.2, 0) is 16.1 Å². The lowest BCUT2D eigenvalue weighted by molar-refractivity contribution is -0.138. The van der Waals surface area contributed by atoms with Gasteiger partial charge in [0, 0.05) is 37.0 Å². The number of amides is 1. The van der Waals surface area contributed by atoms with Crippen LogP contribution >= 0.6 is 0 Å². The van der Waals surface area contributed by atoms with Gasteiger partial charge < -0.3 is 19.1 Å². The third-order valence-corrected chi connectivity index (χ3v) is 5.41. The molecule has 31 heavy (non-hydrogen) atoms. The number of fused-ring (bicyclic) bond motifs is 1. The Hall–Kier alpha value is -3.59. The van der Waals surface area contributed by atoms with Gasteiger partial charge in [-0.25, -0.2) is 4.98 Å². The quantitative estimate of drug-likeness (QED) is 0.513. The molecule has 0 radical (unpaired) electrons. The number of nitrogens with zero attached hydrogens (tertiary/aromatic N) is 5. The Morgan fingerprint density at radius 1 is 1.23 bits per heavy atom. The Labute approximate surface area is 178 Å². The average Bonchev–Trinajstić information content (AvgIpc) is 3.47. The second kappa shape index (κ2) is 8.65. The molecule has 0 bridgehead atoms. The van der Waals surface area contributed by atoms with E-state index in [9.17, 15) is 4.79 Å². The summed E-state index contributed by atoms with van der Waals surface area (Å²) in [4.78, 5) is 30.9. The van der Waals surface area contributed by atoms with Crippen LogP contribution in [0, 0.1) is 0 Å². The number of benzene rings is 1. The molecule has 1 aromatic carbocycles. The summed E-state index contributed by atoms with van der Waals surface area (Å²) in [6.07, 6.45) is 5.28. The summed E-state index contributed by atoms with van der Waals surface area (Å²) in [5, 5.41) is 3.92. The van der Waals surface area contributed by atoms with Crippen molar-refractivity contribution in [2.75, 3.05) is 19.7 Å². The van der Waals surface area contributed by atoms with Gasteiger partial charge >= 0.3 is 0 Å². The van der Waals surface area contributed by atoms with E-state index >= 15 is 0 Å². The highest BCUT2D eigenvalue weighted by molar-refractivity contribution is 5.78. The number of aromatic amines is 1. The molecule has 4 heterocycles. The van der Waals surface area contributed by atoms with Crippen LogP contribution in [0.4, 0.5) is 0 Å². The molecule has 158 valence electrons. The first kappa shape index (κ1) is 19.4. The number of pyridine rings is 1. The van der Waals surface area contributed by atoms with Crippen LogP contribution in [0.15, 0.2) is 53.3 Å². The molecule has 1 atom stereocenters. The molecule has 1 aliphatic heterocycles. The van der Waals surface area contributed by atoms with E-state index in [1.807, 2.05) is 35.2 Å². The van der Waals surface area contributed by atoms with Crippen molar-refractivity contribution >= 4 is 16.9 Å². The second-order valence-electron chi connectivity index (χ2n) is 7.56. The van der Waals surface area contributed by atoms with Crippen molar-refractivity contribution in [1.29, 1.82) is 0 Å². The van der Waals surface area contributed by atoms with Gasteiger partial charge in [-0.1, -0.05) is 17.3 Å². The van der Waals surface area contributed by atoms with Crippen LogP contribution in [0.2, 0.25) is 0 Å². The summed E-state index contributed by atoms with van der Waals surface area (Å²) >= 11 is 0. The first-order valence-electron chi connectivity index (χ1n) is 10.3. The number of imidazole rings is 1. The van der Waals surface area contributed by atoms with Crippen LogP contribution in [0.25, 0.3) is 22.4 Å². The highest BCUT2D eigenvalue weighted by Crippen LogP contribution is 2.26. The van der Waals surface area contributed by atoms with E-state index in [1.54, 1.807) is 18.5 Å². The predicted molar refractivity (Wildman–Crippen MR) is 112 cm³/mol. The number of hydrogen-bond donors (Lipinski definition) is 1. The molecule has 1 unspecified atom stereocenters. The zero-order chi connectivity index (χ0) is 21.0. The van der Waals surface area contributed by atoms with Gasteiger partial charge in [0.1, 0.15) is 19.0 Å². The molecule has 1 saturated heterocycles. The molecule has 1 amide bonds. The molecule has 0 saturated carbocycles. The lowest BCUT2D eigenvalue weighted by Gasteiger charge is -2.31. The van der Waals surface area contributed by atoms with E-state index < -0.39 is 0 Å². The lowest BCUT2D eigenvalue weighted by atomic mass is 9.97. The summed E-state index contributed by atoms with van der Waals surface area (Å²) in [7, 11) is 0. The standard InChI is InChI=1S/C22H22N6O3/c29-20(14-30-13-19-26-22(27-31-19)15-5-3-9-23-11-15)28-10-4-6-16(12-28)21-24-17-7-1-2-8-18(17)25-21/h1-3,5,7-9,11,16H,4,6,10,12-14H2,(H,24,25). The fourth-order valence-electron chi connectivity index (χ4n) is 3.84. The molecule has 0 spiro atoms. The van der Waals surface area contributed by atoms with Crippen LogP contribution in [0.3, 0.4) is 0 Å². The molecule has 3 aromatic heterocycles. The van der Waals surface area contributed by atoms with Crippen molar-refractivity contribution in [3.8, 4) is 11.4 Å². The van der Waals surface area contributed by atoms with Crippen molar-refractivity contribution in [3.05, 3.63) is 60.5 Å². The topological polar surface area (TPSA) is 110 Å². The summed E-state index contributed by atoms with van der Waals surface area (Å²) in [5.74, 6) is 1.86. The van der Waals surface area contributed by atoms with E-state index in [2.05, 4.69) is 20.1 Å². The van der Waals surface area contributed by atoms with Gasteiger partial charge in [-0.05, 0) is 37.1 Å². The first-order chi connectivity index (χ1) is 15.3. The molecular formula is C22H22N6O3. The number of carbonyl (C=O) groups excluding carboxylic acids is 1. The minimum atomic E-state index is -0.0483. The zero-order valence-electron chi connectivity index (χ0n) is 16.9. The van der Waals surface area contributed by atoms with Gasteiger partial charge in [0.05, 0.1) is 11.0 Å². The minimum absolute atomic E-state index is 0.0303. The van der Waals surface area contributed by atoms with Crippen molar-refractivity contribution in [2.45, 2.75) is 25.4 Å². The molecule has 0 aliphatic carbocycles. The number of hydrogen-bond acceptors (Lipinski definition) is 7. The van der Waals surface area contributed by atoms with Crippen LogP contribution < -0.4 is 0 Å². The molecule has 4 aromatic rings. The Balaban J connectivity index is 1.15. The maximum absolute atomic E-state index is 12.7. The monoisotopic (exact) mass is 418 g/mol. The van der Waals surface area contributed by atoms with E-state index in [4.69, 9.17) is 14.2 Å². The third-order valence-electron chi connectivity index (χ3n) is 5.41. The van der Waals surface area contributed by atoms with Crippen molar-refractivity contribution in [2.24, 2.45) is 0 Å². The van der Waals surface area contributed by atoms with Crippen molar-refractivity contribution in [1.82, 2.24) is 30.0 Å². The summed E-state index contributed by atoms with van der Waals surface area (Å²) in [5.41, 5.74) is 2.74. The summed E-state index contributed by atoms with van der Waals surface area (Å²) in [6, 6.07) is 11.6. The fraction of sp³-hybridized carbons (Fsp3) is 0.318. The predicted octanol–water partition coefficient (Wildman–Crippen LogP) is 2.93. The molecule has 5 rings (SSSR count). The summed E-state index contributed by atoms with van der Waals surface area (Å²) in [6.45, 7) is 1.41. The Bertz CT molecular complexity index is 1140.